The summed E-state index contributed by atoms with van der Waals surface area (Å²) < 4.78 is 1.57. The zero-order chi connectivity index (χ0) is 13.1. The Morgan fingerprint density at radius 2 is 2.17 bits per heavy atom. The minimum Gasteiger partial charge on any atom is -0.326 e. The SMILES string of the molecule is CC(N)C(c1ccccc1Cl)n1cnc(C#N)n1. The third-order valence-electron chi connectivity index (χ3n) is 2.62. The molecule has 2 unspecified atom stereocenters. The van der Waals surface area contributed by atoms with E-state index >= 15 is 0 Å². The summed E-state index contributed by atoms with van der Waals surface area (Å²) in [6.45, 7) is 1.86. The third kappa shape index (κ3) is 2.35. The Kier molecular flexibility index (Phi) is 3.60. The summed E-state index contributed by atoms with van der Waals surface area (Å²) in [7, 11) is 0. The third-order valence-corrected chi connectivity index (χ3v) is 2.96. The molecule has 0 aliphatic rings. The maximum absolute atomic E-state index is 8.75. The lowest BCUT2D eigenvalue weighted by Gasteiger charge is -2.22. The highest BCUT2D eigenvalue weighted by Crippen LogP contribution is 2.27. The van der Waals surface area contributed by atoms with E-state index in [9.17, 15) is 0 Å². The van der Waals surface area contributed by atoms with Crippen LogP contribution in [0.4, 0.5) is 0 Å². The first kappa shape index (κ1) is 12.6. The highest BCUT2D eigenvalue weighted by atomic mass is 35.5. The van der Waals surface area contributed by atoms with Crippen molar-refractivity contribution in [2.24, 2.45) is 5.73 Å². The number of halogens is 1. The molecule has 2 rings (SSSR count). The Morgan fingerprint density at radius 1 is 1.44 bits per heavy atom. The monoisotopic (exact) mass is 261 g/mol. The van der Waals surface area contributed by atoms with Crippen LogP contribution in [-0.2, 0) is 0 Å². The average Bonchev–Trinajstić information content (AvgIpc) is 2.80. The molecule has 0 aliphatic carbocycles. The molecule has 2 atom stereocenters. The van der Waals surface area contributed by atoms with Gasteiger partial charge >= 0.3 is 0 Å². The predicted octanol–water partition coefficient (Wildman–Crippen LogP) is 1.74. The van der Waals surface area contributed by atoms with Crippen molar-refractivity contribution in [1.29, 1.82) is 5.26 Å². The summed E-state index contributed by atoms with van der Waals surface area (Å²) in [6.07, 6.45) is 1.50. The van der Waals surface area contributed by atoms with E-state index < -0.39 is 0 Å². The minimum atomic E-state index is -0.242. The zero-order valence-corrected chi connectivity index (χ0v) is 10.5. The topological polar surface area (TPSA) is 80.5 Å². The van der Waals surface area contributed by atoms with E-state index in [4.69, 9.17) is 22.6 Å². The van der Waals surface area contributed by atoms with E-state index in [2.05, 4.69) is 10.1 Å². The number of nitriles is 1. The molecular formula is C12H12ClN5. The first-order valence-electron chi connectivity index (χ1n) is 5.44. The van der Waals surface area contributed by atoms with E-state index in [1.165, 1.54) is 6.33 Å². The van der Waals surface area contributed by atoms with E-state index in [0.29, 0.717) is 5.02 Å². The van der Waals surface area contributed by atoms with Crippen molar-refractivity contribution in [3.8, 4) is 6.07 Å². The van der Waals surface area contributed by atoms with Gasteiger partial charge in [-0.1, -0.05) is 29.8 Å². The van der Waals surface area contributed by atoms with Gasteiger partial charge in [-0.25, -0.2) is 9.67 Å². The van der Waals surface area contributed by atoms with Gasteiger partial charge in [-0.3, -0.25) is 0 Å². The standard InChI is InChI=1S/C12H12ClN5/c1-8(15)12(9-4-2-3-5-10(9)13)18-7-16-11(6-14)17-18/h2-5,7-8,12H,15H2,1H3. The lowest BCUT2D eigenvalue weighted by atomic mass is 10.0. The first-order valence-corrected chi connectivity index (χ1v) is 5.82. The van der Waals surface area contributed by atoms with Crippen molar-refractivity contribution in [1.82, 2.24) is 14.8 Å². The molecule has 0 fully saturated rings. The molecule has 1 heterocycles. The molecule has 0 aliphatic heterocycles. The fourth-order valence-corrected chi connectivity index (χ4v) is 2.09. The number of nitrogens with zero attached hydrogens (tertiary/aromatic N) is 4. The molecule has 0 bridgehead atoms. The Morgan fingerprint density at radius 3 is 2.72 bits per heavy atom. The van der Waals surface area contributed by atoms with Crippen LogP contribution in [-0.4, -0.2) is 20.8 Å². The second kappa shape index (κ2) is 5.17. The van der Waals surface area contributed by atoms with Crippen LogP contribution in [0.1, 0.15) is 24.4 Å². The largest absolute Gasteiger partial charge is 0.326 e. The van der Waals surface area contributed by atoms with Crippen LogP contribution in [0.25, 0.3) is 0 Å². The van der Waals surface area contributed by atoms with E-state index in [-0.39, 0.29) is 17.9 Å². The van der Waals surface area contributed by atoms with Gasteiger partial charge in [-0.05, 0) is 18.6 Å². The highest BCUT2D eigenvalue weighted by molar-refractivity contribution is 6.31. The van der Waals surface area contributed by atoms with Crippen molar-refractivity contribution >= 4 is 11.6 Å². The van der Waals surface area contributed by atoms with Crippen LogP contribution in [0.2, 0.25) is 5.02 Å². The van der Waals surface area contributed by atoms with E-state index in [0.717, 1.165) is 5.56 Å². The van der Waals surface area contributed by atoms with Crippen molar-refractivity contribution < 1.29 is 0 Å². The lowest BCUT2D eigenvalue weighted by molar-refractivity contribution is 0.452. The highest BCUT2D eigenvalue weighted by Gasteiger charge is 2.22. The van der Waals surface area contributed by atoms with Gasteiger partial charge in [0.2, 0.25) is 0 Å². The van der Waals surface area contributed by atoms with Gasteiger partial charge in [0, 0.05) is 11.1 Å². The summed E-state index contributed by atoms with van der Waals surface area (Å²) in [5.74, 6) is 0.118. The van der Waals surface area contributed by atoms with Crippen LogP contribution < -0.4 is 5.73 Å². The average molecular weight is 262 g/mol. The van der Waals surface area contributed by atoms with Gasteiger partial charge in [0.15, 0.2) is 0 Å². The second-order valence-corrected chi connectivity index (χ2v) is 4.39. The predicted molar refractivity (Wildman–Crippen MR) is 68.0 cm³/mol. The van der Waals surface area contributed by atoms with Crippen molar-refractivity contribution in [3.63, 3.8) is 0 Å². The quantitative estimate of drug-likeness (QED) is 0.913. The van der Waals surface area contributed by atoms with Crippen LogP contribution >= 0.6 is 11.6 Å². The zero-order valence-electron chi connectivity index (χ0n) is 9.79. The maximum atomic E-state index is 8.75. The Bertz CT molecular complexity index is 584. The Hall–Kier alpha value is -1.90. The molecule has 2 aromatic rings. The summed E-state index contributed by atoms with van der Waals surface area (Å²) in [5, 5.41) is 13.4. The van der Waals surface area contributed by atoms with Gasteiger partial charge in [0.05, 0.1) is 6.04 Å². The number of rotatable bonds is 3. The summed E-state index contributed by atoms with van der Waals surface area (Å²) >= 11 is 6.17. The molecule has 0 saturated carbocycles. The second-order valence-electron chi connectivity index (χ2n) is 3.99. The fourth-order valence-electron chi connectivity index (χ4n) is 1.84. The molecule has 0 radical (unpaired) electrons. The van der Waals surface area contributed by atoms with Gasteiger partial charge in [0.25, 0.3) is 5.82 Å². The van der Waals surface area contributed by atoms with Gasteiger partial charge in [-0.2, -0.15) is 5.26 Å². The smallest absolute Gasteiger partial charge is 0.252 e. The van der Waals surface area contributed by atoms with Crippen LogP contribution in [0.15, 0.2) is 30.6 Å². The molecule has 0 amide bonds. The minimum absolute atomic E-state index is 0.118. The molecular weight excluding hydrogens is 250 g/mol. The molecule has 0 saturated heterocycles. The number of benzene rings is 1. The van der Waals surface area contributed by atoms with Gasteiger partial charge < -0.3 is 5.73 Å². The van der Waals surface area contributed by atoms with Gasteiger partial charge in [-0.15, -0.1) is 5.10 Å². The lowest BCUT2D eigenvalue weighted by Crippen LogP contribution is -2.31. The summed E-state index contributed by atoms with van der Waals surface area (Å²) in [5.41, 5.74) is 6.85. The number of hydrogen-bond donors (Lipinski definition) is 1. The van der Waals surface area contributed by atoms with E-state index in [1.807, 2.05) is 31.2 Å². The molecule has 18 heavy (non-hydrogen) atoms. The van der Waals surface area contributed by atoms with Crippen molar-refractivity contribution in [2.75, 3.05) is 0 Å². The first-order chi connectivity index (χ1) is 8.63. The van der Waals surface area contributed by atoms with E-state index in [1.54, 1.807) is 10.7 Å². The van der Waals surface area contributed by atoms with Crippen LogP contribution in [0.3, 0.4) is 0 Å². The van der Waals surface area contributed by atoms with Crippen LogP contribution in [0.5, 0.6) is 0 Å². The number of nitrogens with two attached hydrogens (primary N) is 1. The maximum Gasteiger partial charge on any atom is 0.252 e. The molecule has 2 N–H and O–H groups in total. The summed E-state index contributed by atoms with van der Waals surface area (Å²) in [4.78, 5) is 3.89. The van der Waals surface area contributed by atoms with Crippen molar-refractivity contribution in [3.05, 3.63) is 47.0 Å². The fraction of sp³-hybridized carbons (Fsp3) is 0.250. The Labute approximate surface area is 110 Å². The molecule has 0 spiro atoms. The number of aromatic nitrogens is 3. The molecule has 6 heteroatoms. The normalized spacial score (nSPS) is 13.9. The molecule has 1 aromatic heterocycles. The summed E-state index contributed by atoms with van der Waals surface area (Å²) in [6, 6.07) is 8.87. The molecule has 1 aromatic carbocycles. The molecule has 92 valence electrons. The molecule has 5 nitrogen and oxygen atoms in total. The Balaban J connectivity index is 2.47. The number of hydrogen-bond acceptors (Lipinski definition) is 4. The van der Waals surface area contributed by atoms with Gasteiger partial charge in [0.1, 0.15) is 12.4 Å². The van der Waals surface area contributed by atoms with Crippen molar-refractivity contribution in [2.45, 2.75) is 19.0 Å². The van der Waals surface area contributed by atoms with Crippen LogP contribution in [0, 0.1) is 11.3 Å².